The summed E-state index contributed by atoms with van der Waals surface area (Å²) in [6.07, 6.45) is -0.951. The van der Waals surface area contributed by atoms with Gasteiger partial charge in [0.2, 0.25) is 6.10 Å². The second kappa shape index (κ2) is 4.45. The molecule has 5 heteroatoms. The van der Waals surface area contributed by atoms with Crippen molar-refractivity contribution >= 4 is 11.8 Å². The number of hydrogen-bond donors (Lipinski definition) is 1. The summed E-state index contributed by atoms with van der Waals surface area (Å²) in [5.74, 6) is -0.542. The van der Waals surface area contributed by atoms with Gasteiger partial charge in [0.15, 0.2) is 5.78 Å². The maximum absolute atomic E-state index is 11.7. The fraction of sp³-hybridized carbons (Fsp3) is 0.333. The molecular weight excluding hydrogens is 224 g/mol. The molecule has 1 heterocycles. The van der Waals surface area contributed by atoms with Crippen LogP contribution in [0.3, 0.4) is 0 Å². The standard InChI is InChI=1S/C12H12O5/c1-2-16-12(15)11-6-9(14)8-4-3-7(13)5-10(8)17-11/h3-5,11,13H,2,6H2,1H3. The van der Waals surface area contributed by atoms with Gasteiger partial charge in [0.25, 0.3) is 0 Å². The predicted molar refractivity (Wildman–Crippen MR) is 58.1 cm³/mol. The number of phenolic OH excluding ortho intramolecular Hbond substituents is 1. The van der Waals surface area contributed by atoms with Gasteiger partial charge >= 0.3 is 5.97 Å². The molecule has 0 spiro atoms. The van der Waals surface area contributed by atoms with E-state index in [1.165, 1.54) is 18.2 Å². The van der Waals surface area contributed by atoms with Gasteiger partial charge in [-0.25, -0.2) is 4.79 Å². The SMILES string of the molecule is CCOC(=O)C1CC(=O)c2ccc(O)cc2O1. The van der Waals surface area contributed by atoms with Crippen molar-refractivity contribution in [1.82, 2.24) is 0 Å². The van der Waals surface area contributed by atoms with Crippen LogP contribution in [0.5, 0.6) is 11.5 Å². The molecule has 1 aliphatic heterocycles. The lowest BCUT2D eigenvalue weighted by molar-refractivity contribution is -0.151. The molecule has 1 N–H and O–H groups in total. The van der Waals surface area contributed by atoms with E-state index in [2.05, 4.69) is 0 Å². The van der Waals surface area contributed by atoms with Gasteiger partial charge in [0.05, 0.1) is 18.6 Å². The lowest BCUT2D eigenvalue weighted by Gasteiger charge is -2.23. The number of Topliss-reactive ketones (excluding diaryl/α,β-unsaturated/α-hetero) is 1. The highest BCUT2D eigenvalue weighted by atomic mass is 16.6. The average Bonchev–Trinajstić information content (AvgIpc) is 2.28. The van der Waals surface area contributed by atoms with E-state index in [1.54, 1.807) is 6.92 Å². The molecule has 1 unspecified atom stereocenters. The second-order valence-corrected chi connectivity index (χ2v) is 3.67. The normalized spacial score (nSPS) is 18.2. The van der Waals surface area contributed by atoms with Crippen LogP contribution in [0.4, 0.5) is 0 Å². The maximum atomic E-state index is 11.7. The van der Waals surface area contributed by atoms with E-state index in [4.69, 9.17) is 9.47 Å². The number of carbonyl (C=O) groups is 2. The van der Waals surface area contributed by atoms with Gasteiger partial charge in [-0.15, -0.1) is 0 Å². The van der Waals surface area contributed by atoms with Crippen LogP contribution in [0.1, 0.15) is 23.7 Å². The Labute approximate surface area is 98.0 Å². The van der Waals surface area contributed by atoms with Crippen molar-refractivity contribution in [2.24, 2.45) is 0 Å². The summed E-state index contributed by atoms with van der Waals surface area (Å²) in [5.41, 5.74) is 0.378. The van der Waals surface area contributed by atoms with Crippen molar-refractivity contribution in [2.45, 2.75) is 19.4 Å². The fourth-order valence-corrected chi connectivity index (χ4v) is 1.68. The third-order valence-electron chi connectivity index (χ3n) is 2.46. The zero-order valence-electron chi connectivity index (χ0n) is 9.30. The number of ether oxygens (including phenoxy) is 2. The lowest BCUT2D eigenvalue weighted by atomic mass is 10.0. The molecule has 1 aliphatic rings. The molecule has 17 heavy (non-hydrogen) atoms. The minimum Gasteiger partial charge on any atom is -0.508 e. The molecule has 5 nitrogen and oxygen atoms in total. The highest BCUT2D eigenvalue weighted by molar-refractivity contribution is 6.02. The van der Waals surface area contributed by atoms with Crippen LogP contribution < -0.4 is 4.74 Å². The lowest BCUT2D eigenvalue weighted by Crippen LogP contribution is -2.35. The number of benzene rings is 1. The number of rotatable bonds is 2. The van der Waals surface area contributed by atoms with Crippen LogP contribution in [0.25, 0.3) is 0 Å². The summed E-state index contributed by atoms with van der Waals surface area (Å²) < 4.78 is 10.1. The Kier molecular flexibility index (Phi) is 2.99. The predicted octanol–water partition coefficient (Wildman–Crippen LogP) is 1.29. The molecule has 0 fully saturated rings. The molecule has 90 valence electrons. The minimum absolute atomic E-state index is 0.0129. The number of hydrogen-bond acceptors (Lipinski definition) is 5. The Morgan fingerprint density at radius 3 is 3.06 bits per heavy atom. The van der Waals surface area contributed by atoms with Gasteiger partial charge < -0.3 is 14.6 Å². The molecule has 0 saturated heterocycles. The third kappa shape index (κ3) is 2.22. The molecule has 0 saturated carbocycles. The van der Waals surface area contributed by atoms with Crippen LogP contribution >= 0.6 is 0 Å². The first-order valence-electron chi connectivity index (χ1n) is 5.31. The number of phenols is 1. The maximum Gasteiger partial charge on any atom is 0.347 e. The van der Waals surface area contributed by atoms with Gasteiger partial charge in [0.1, 0.15) is 11.5 Å². The van der Waals surface area contributed by atoms with E-state index in [0.29, 0.717) is 5.56 Å². The molecule has 1 aromatic carbocycles. The van der Waals surface area contributed by atoms with E-state index >= 15 is 0 Å². The van der Waals surface area contributed by atoms with Crippen molar-refractivity contribution in [2.75, 3.05) is 6.61 Å². The number of aromatic hydroxyl groups is 1. The van der Waals surface area contributed by atoms with Crippen LogP contribution in [0, 0.1) is 0 Å². The number of esters is 1. The topological polar surface area (TPSA) is 72.8 Å². The smallest absolute Gasteiger partial charge is 0.347 e. The summed E-state index contributed by atoms with van der Waals surface area (Å²) in [6, 6.07) is 4.21. The fourth-order valence-electron chi connectivity index (χ4n) is 1.68. The Balaban J connectivity index is 2.26. The van der Waals surface area contributed by atoms with Crippen molar-refractivity contribution in [3.05, 3.63) is 23.8 Å². The summed E-state index contributed by atoms with van der Waals surface area (Å²) in [6.45, 7) is 1.92. The van der Waals surface area contributed by atoms with E-state index in [1.807, 2.05) is 0 Å². The molecule has 0 aliphatic carbocycles. The number of carbonyl (C=O) groups excluding carboxylic acids is 2. The highest BCUT2D eigenvalue weighted by Crippen LogP contribution is 2.31. The van der Waals surface area contributed by atoms with Crippen molar-refractivity contribution in [1.29, 1.82) is 0 Å². The van der Waals surface area contributed by atoms with Crippen molar-refractivity contribution < 1.29 is 24.2 Å². The van der Waals surface area contributed by atoms with Gasteiger partial charge in [-0.2, -0.15) is 0 Å². The molecular formula is C12H12O5. The Morgan fingerprint density at radius 1 is 1.59 bits per heavy atom. The molecule has 0 radical (unpaired) electrons. The molecule has 0 aromatic heterocycles. The molecule has 0 amide bonds. The summed E-state index contributed by atoms with van der Waals surface area (Å²) >= 11 is 0. The molecule has 1 atom stereocenters. The van der Waals surface area contributed by atoms with Gasteiger partial charge in [-0.1, -0.05) is 0 Å². The monoisotopic (exact) mass is 236 g/mol. The van der Waals surface area contributed by atoms with Crippen LogP contribution in [0.2, 0.25) is 0 Å². The summed E-state index contributed by atoms with van der Waals surface area (Å²) in [4.78, 5) is 23.2. The average molecular weight is 236 g/mol. The van der Waals surface area contributed by atoms with Crippen molar-refractivity contribution in [3.63, 3.8) is 0 Å². The zero-order chi connectivity index (χ0) is 12.4. The third-order valence-corrected chi connectivity index (χ3v) is 2.46. The first kappa shape index (κ1) is 11.4. The van der Waals surface area contributed by atoms with E-state index < -0.39 is 12.1 Å². The van der Waals surface area contributed by atoms with E-state index in [9.17, 15) is 14.7 Å². The van der Waals surface area contributed by atoms with E-state index in [-0.39, 0.29) is 30.3 Å². The van der Waals surface area contributed by atoms with Gasteiger partial charge in [-0.3, -0.25) is 4.79 Å². The Bertz CT molecular complexity index is 466. The highest BCUT2D eigenvalue weighted by Gasteiger charge is 2.32. The van der Waals surface area contributed by atoms with Crippen LogP contribution in [-0.2, 0) is 9.53 Å². The van der Waals surface area contributed by atoms with Gasteiger partial charge in [-0.05, 0) is 19.1 Å². The zero-order valence-corrected chi connectivity index (χ0v) is 9.30. The Hall–Kier alpha value is -2.04. The Morgan fingerprint density at radius 2 is 2.35 bits per heavy atom. The van der Waals surface area contributed by atoms with Crippen LogP contribution in [-0.4, -0.2) is 29.6 Å². The minimum atomic E-state index is -0.920. The van der Waals surface area contributed by atoms with E-state index in [0.717, 1.165) is 0 Å². The quantitative estimate of drug-likeness (QED) is 0.783. The first-order chi connectivity index (χ1) is 8.11. The largest absolute Gasteiger partial charge is 0.508 e. The van der Waals surface area contributed by atoms with Crippen molar-refractivity contribution in [3.8, 4) is 11.5 Å². The molecule has 0 bridgehead atoms. The van der Waals surface area contributed by atoms with Crippen LogP contribution in [0.15, 0.2) is 18.2 Å². The number of fused-ring (bicyclic) bond motifs is 1. The number of ketones is 1. The molecule has 1 aromatic rings. The summed E-state index contributed by atoms with van der Waals surface area (Å²) in [5, 5.41) is 9.30. The first-order valence-corrected chi connectivity index (χ1v) is 5.31. The summed E-state index contributed by atoms with van der Waals surface area (Å²) in [7, 11) is 0. The molecule has 2 rings (SSSR count). The van der Waals surface area contributed by atoms with Gasteiger partial charge in [0, 0.05) is 6.07 Å². The second-order valence-electron chi connectivity index (χ2n) is 3.67.